The summed E-state index contributed by atoms with van der Waals surface area (Å²) in [4.78, 5) is 23.2. The van der Waals surface area contributed by atoms with Crippen molar-refractivity contribution in [2.45, 2.75) is 37.5 Å². The standard InChI is InChI=1S/C16H22N2O5S/c1-2-6-16(20)23-12-15(19)17-13-7-5-8-14(11-13)24(21,22)18-9-3-4-10-18/h5,7-8,11H,2-4,6,9-10,12H2,1H3,(H,17,19). The van der Waals surface area contributed by atoms with Gasteiger partial charge in [0.15, 0.2) is 6.61 Å². The lowest BCUT2D eigenvalue weighted by Crippen LogP contribution is -2.28. The first-order valence-corrected chi connectivity index (χ1v) is 9.43. The lowest BCUT2D eigenvalue weighted by molar-refractivity contribution is -0.147. The number of benzene rings is 1. The van der Waals surface area contributed by atoms with Crippen molar-refractivity contribution in [1.29, 1.82) is 0 Å². The number of carbonyl (C=O) groups is 2. The van der Waals surface area contributed by atoms with Crippen LogP contribution in [0.5, 0.6) is 0 Å². The fraction of sp³-hybridized carbons (Fsp3) is 0.500. The number of carbonyl (C=O) groups excluding carboxylic acids is 2. The quantitative estimate of drug-likeness (QED) is 0.753. The minimum Gasteiger partial charge on any atom is -0.456 e. The summed E-state index contributed by atoms with van der Waals surface area (Å²) in [5, 5.41) is 2.54. The normalized spacial score (nSPS) is 15.2. The SMILES string of the molecule is CCCC(=O)OCC(=O)Nc1cccc(S(=O)(=O)N2CCCC2)c1. The molecule has 0 aromatic heterocycles. The largest absolute Gasteiger partial charge is 0.456 e. The van der Waals surface area contributed by atoms with E-state index in [1.165, 1.54) is 16.4 Å². The van der Waals surface area contributed by atoms with Gasteiger partial charge in [0.2, 0.25) is 10.0 Å². The third-order valence-electron chi connectivity index (χ3n) is 3.64. The second-order valence-corrected chi connectivity index (χ2v) is 7.54. The number of nitrogens with one attached hydrogen (secondary N) is 1. The maximum absolute atomic E-state index is 12.5. The molecule has 0 spiro atoms. The predicted molar refractivity (Wildman–Crippen MR) is 88.9 cm³/mol. The van der Waals surface area contributed by atoms with Crippen LogP contribution < -0.4 is 5.32 Å². The molecule has 1 aliphatic heterocycles. The molecular weight excluding hydrogens is 332 g/mol. The van der Waals surface area contributed by atoms with Crippen LogP contribution >= 0.6 is 0 Å². The molecule has 1 amide bonds. The molecule has 1 N–H and O–H groups in total. The summed E-state index contributed by atoms with van der Waals surface area (Å²) in [7, 11) is -3.53. The van der Waals surface area contributed by atoms with E-state index in [-0.39, 0.29) is 17.9 Å². The Morgan fingerprint density at radius 1 is 1.25 bits per heavy atom. The fourth-order valence-electron chi connectivity index (χ4n) is 2.43. The molecular formula is C16H22N2O5S. The van der Waals surface area contributed by atoms with Crippen LogP contribution in [0.4, 0.5) is 5.69 Å². The number of rotatable bonds is 7. The molecule has 1 heterocycles. The van der Waals surface area contributed by atoms with Crippen LogP contribution in [0.15, 0.2) is 29.2 Å². The monoisotopic (exact) mass is 354 g/mol. The number of sulfonamides is 1. The van der Waals surface area contributed by atoms with Gasteiger partial charge < -0.3 is 10.1 Å². The van der Waals surface area contributed by atoms with Crippen LogP contribution in [0.3, 0.4) is 0 Å². The average Bonchev–Trinajstić information content (AvgIpc) is 3.09. The molecule has 0 aliphatic carbocycles. The molecule has 132 valence electrons. The van der Waals surface area contributed by atoms with Crippen molar-refractivity contribution < 1.29 is 22.7 Å². The zero-order valence-electron chi connectivity index (χ0n) is 13.7. The van der Waals surface area contributed by atoms with Crippen molar-refractivity contribution in [1.82, 2.24) is 4.31 Å². The van der Waals surface area contributed by atoms with E-state index in [1.54, 1.807) is 12.1 Å². The molecule has 0 saturated carbocycles. The highest BCUT2D eigenvalue weighted by atomic mass is 32.2. The van der Waals surface area contributed by atoms with Crippen molar-refractivity contribution >= 4 is 27.6 Å². The highest BCUT2D eigenvalue weighted by molar-refractivity contribution is 7.89. The van der Waals surface area contributed by atoms with Gasteiger partial charge in [-0.05, 0) is 37.5 Å². The fourth-order valence-corrected chi connectivity index (χ4v) is 3.99. The van der Waals surface area contributed by atoms with Crippen LogP contribution in [-0.4, -0.2) is 44.3 Å². The lowest BCUT2D eigenvalue weighted by Gasteiger charge is -2.16. The summed E-state index contributed by atoms with van der Waals surface area (Å²) in [5.74, 6) is -0.937. The summed E-state index contributed by atoms with van der Waals surface area (Å²) >= 11 is 0. The summed E-state index contributed by atoms with van der Waals surface area (Å²) in [6.07, 6.45) is 2.63. The zero-order valence-corrected chi connectivity index (χ0v) is 14.5. The van der Waals surface area contributed by atoms with Crippen LogP contribution in [0.25, 0.3) is 0 Å². The number of esters is 1. The molecule has 2 rings (SSSR count). The average molecular weight is 354 g/mol. The number of ether oxygens (including phenoxy) is 1. The van der Waals surface area contributed by atoms with Gasteiger partial charge in [-0.25, -0.2) is 8.42 Å². The van der Waals surface area contributed by atoms with Crippen molar-refractivity contribution in [2.24, 2.45) is 0 Å². The molecule has 1 aromatic rings. The van der Waals surface area contributed by atoms with Crippen molar-refractivity contribution in [3.05, 3.63) is 24.3 Å². The minimum atomic E-state index is -3.53. The molecule has 1 fully saturated rings. The van der Waals surface area contributed by atoms with Gasteiger partial charge in [0.1, 0.15) is 0 Å². The Morgan fingerprint density at radius 3 is 2.62 bits per heavy atom. The molecule has 1 aromatic carbocycles. The number of hydrogen-bond acceptors (Lipinski definition) is 5. The van der Waals surface area contributed by atoms with Crippen molar-refractivity contribution in [3.8, 4) is 0 Å². The molecule has 0 bridgehead atoms. The molecule has 8 heteroatoms. The van der Waals surface area contributed by atoms with E-state index in [0.29, 0.717) is 25.2 Å². The Morgan fingerprint density at radius 2 is 1.96 bits per heavy atom. The second kappa shape index (κ2) is 8.25. The third kappa shape index (κ3) is 4.78. The summed E-state index contributed by atoms with van der Waals surface area (Å²) in [6.45, 7) is 2.49. The van der Waals surface area contributed by atoms with Crippen molar-refractivity contribution in [3.63, 3.8) is 0 Å². The molecule has 0 atom stereocenters. The van der Waals surface area contributed by atoms with E-state index in [9.17, 15) is 18.0 Å². The van der Waals surface area contributed by atoms with Gasteiger partial charge in [-0.3, -0.25) is 9.59 Å². The van der Waals surface area contributed by atoms with E-state index in [1.807, 2.05) is 6.92 Å². The molecule has 1 aliphatic rings. The van der Waals surface area contributed by atoms with Gasteiger partial charge in [0.25, 0.3) is 5.91 Å². The summed E-state index contributed by atoms with van der Waals surface area (Å²) < 4.78 is 31.3. The molecule has 0 radical (unpaired) electrons. The maximum Gasteiger partial charge on any atom is 0.306 e. The molecule has 1 saturated heterocycles. The van der Waals surface area contributed by atoms with Gasteiger partial charge >= 0.3 is 5.97 Å². The van der Waals surface area contributed by atoms with E-state index in [2.05, 4.69) is 5.32 Å². The highest BCUT2D eigenvalue weighted by Crippen LogP contribution is 2.23. The van der Waals surface area contributed by atoms with E-state index in [0.717, 1.165) is 12.8 Å². The third-order valence-corrected chi connectivity index (χ3v) is 5.53. The van der Waals surface area contributed by atoms with Gasteiger partial charge in [0.05, 0.1) is 4.90 Å². The van der Waals surface area contributed by atoms with Gasteiger partial charge in [-0.15, -0.1) is 0 Å². The number of anilines is 1. The molecule has 7 nitrogen and oxygen atoms in total. The first-order chi connectivity index (χ1) is 11.4. The molecule has 24 heavy (non-hydrogen) atoms. The van der Waals surface area contributed by atoms with E-state index in [4.69, 9.17) is 4.74 Å². The number of amides is 1. The first kappa shape index (κ1) is 18.4. The molecule has 0 unspecified atom stereocenters. The summed E-state index contributed by atoms with van der Waals surface area (Å²) in [5.41, 5.74) is 0.354. The Balaban J connectivity index is 2.00. The topological polar surface area (TPSA) is 92.8 Å². The number of hydrogen-bond donors (Lipinski definition) is 1. The van der Waals surface area contributed by atoms with Gasteiger partial charge in [0, 0.05) is 25.2 Å². The Labute approximate surface area is 142 Å². The van der Waals surface area contributed by atoms with Crippen LogP contribution in [0.2, 0.25) is 0 Å². The Bertz CT molecular complexity index is 696. The Kier molecular flexibility index (Phi) is 6.33. The Hall–Kier alpha value is -1.93. The van der Waals surface area contributed by atoms with Gasteiger partial charge in [-0.2, -0.15) is 4.31 Å². The zero-order chi connectivity index (χ0) is 17.6. The smallest absolute Gasteiger partial charge is 0.306 e. The summed E-state index contributed by atoms with van der Waals surface area (Å²) in [6, 6.07) is 6.08. The van der Waals surface area contributed by atoms with E-state index < -0.39 is 21.9 Å². The highest BCUT2D eigenvalue weighted by Gasteiger charge is 2.27. The van der Waals surface area contributed by atoms with Crippen molar-refractivity contribution in [2.75, 3.05) is 25.0 Å². The van der Waals surface area contributed by atoms with E-state index >= 15 is 0 Å². The minimum absolute atomic E-state index is 0.144. The maximum atomic E-state index is 12.5. The lowest BCUT2D eigenvalue weighted by atomic mass is 10.3. The predicted octanol–water partition coefficient (Wildman–Crippen LogP) is 1.75. The number of nitrogens with zero attached hydrogens (tertiary/aromatic N) is 1. The second-order valence-electron chi connectivity index (χ2n) is 5.60. The first-order valence-electron chi connectivity index (χ1n) is 7.99. The van der Waals surface area contributed by atoms with Crippen LogP contribution in [-0.2, 0) is 24.3 Å². The van der Waals surface area contributed by atoms with Crippen LogP contribution in [0.1, 0.15) is 32.6 Å². The van der Waals surface area contributed by atoms with Gasteiger partial charge in [-0.1, -0.05) is 13.0 Å². The van der Waals surface area contributed by atoms with Crippen LogP contribution in [0, 0.1) is 0 Å².